The lowest BCUT2D eigenvalue weighted by Gasteiger charge is -2.22. The number of benzene rings is 1. The Morgan fingerprint density at radius 3 is 2.48 bits per heavy atom. The number of methoxy groups -OCH3 is 2. The topological polar surface area (TPSA) is 43.6 Å². The summed E-state index contributed by atoms with van der Waals surface area (Å²) < 4.78 is 17.2. The van der Waals surface area contributed by atoms with Crippen molar-refractivity contribution in [3.8, 4) is 11.5 Å². The molecule has 0 radical (unpaired) electrons. The van der Waals surface area contributed by atoms with Crippen LogP contribution in [0.25, 0.3) is 0 Å². The molecular formula is C16H20BrNO3. The number of halogens is 1. The van der Waals surface area contributed by atoms with E-state index in [0.717, 1.165) is 39.4 Å². The second kappa shape index (κ2) is 7.00. The lowest BCUT2D eigenvalue weighted by molar-refractivity contribution is 0.382. The normalized spacial score (nSPS) is 12.2. The van der Waals surface area contributed by atoms with Crippen LogP contribution in [0.5, 0.6) is 11.5 Å². The second-order valence-electron chi connectivity index (χ2n) is 4.63. The molecule has 1 N–H and O–H groups in total. The first-order valence-corrected chi connectivity index (χ1v) is 7.61. The van der Waals surface area contributed by atoms with Gasteiger partial charge in [-0.05, 0) is 47.6 Å². The number of rotatable bonds is 6. The first-order valence-electron chi connectivity index (χ1n) is 6.81. The van der Waals surface area contributed by atoms with Crippen LogP contribution in [0.4, 0.5) is 0 Å². The third-order valence-electron chi connectivity index (χ3n) is 3.45. The highest BCUT2D eigenvalue weighted by atomic mass is 79.9. The zero-order valence-corrected chi connectivity index (χ0v) is 14.3. The van der Waals surface area contributed by atoms with Gasteiger partial charge in [-0.2, -0.15) is 0 Å². The van der Waals surface area contributed by atoms with E-state index >= 15 is 0 Å². The van der Waals surface area contributed by atoms with E-state index in [9.17, 15) is 0 Å². The first kappa shape index (κ1) is 15.9. The molecule has 1 aromatic heterocycles. The maximum Gasteiger partial charge on any atom is 0.141 e. The van der Waals surface area contributed by atoms with Gasteiger partial charge in [0.05, 0.1) is 26.5 Å². The molecule has 2 aromatic rings. The van der Waals surface area contributed by atoms with Crippen LogP contribution < -0.4 is 14.8 Å². The summed E-state index contributed by atoms with van der Waals surface area (Å²) in [5.41, 5.74) is 2.14. The fraction of sp³-hybridized carbons (Fsp3) is 0.375. The molecule has 0 spiro atoms. The highest BCUT2D eigenvalue weighted by Crippen LogP contribution is 2.41. The minimum atomic E-state index is 0.00547. The maximum atomic E-state index is 5.59. The molecule has 1 atom stereocenters. The molecule has 0 fully saturated rings. The molecule has 4 nitrogen and oxygen atoms in total. The van der Waals surface area contributed by atoms with Crippen molar-refractivity contribution in [3.05, 3.63) is 45.8 Å². The summed E-state index contributed by atoms with van der Waals surface area (Å²) in [4.78, 5) is 0. The van der Waals surface area contributed by atoms with E-state index in [1.165, 1.54) is 0 Å². The minimum absolute atomic E-state index is 0.00547. The van der Waals surface area contributed by atoms with Gasteiger partial charge in [0.1, 0.15) is 21.7 Å². The zero-order chi connectivity index (χ0) is 15.4. The summed E-state index contributed by atoms with van der Waals surface area (Å²) in [7, 11) is 3.30. The van der Waals surface area contributed by atoms with Gasteiger partial charge < -0.3 is 19.2 Å². The van der Waals surface area contributed by atoms with E-state index < -0.39 is 0 Å². The van der Waals surface area contributed by atoms with Crippen molar-refractivity contribution in [3.63, 3.8) is 0 Å². The van der Waals surface area contributed by atoms with Gasteiger partial charge >= 0.3 is 0 Å². The highest BCUT2D eigenvalue weighted by molar-refractivity contribution is 9.10. The van der Waals surface area contributed by atoms with Crippen molar-refractivity contribution < 1.29 is 13.9 Å². The van der Waals surface area contributed by atoms with E-state index in [-0.39, 0.29) is 6.04 Å². The van der Waals surface area contributed by atoms with Gasteiger partial charge in [0.2, 0.25) is 0 Å². The molecule has 5 heteroatoms. The summed E-state index contributed by atoms with van der Waals surface area (Å²) >= 11 is 3.55. The Kier molecular flexibility index (Phi) is 5.31. The quantitative estimate of drug-likeness (QED) is 0.850. The van der Waals surface area contributed by atoms with Crippen molar-refractivity contribution in [2.75, 3.05) is 20.8 Å². The molecule has 0 aliphatic rings. The predicted molar refractivity (Wildman–Crippen MR) is 86.2 cm³/mol. The third kappa shape index (κ3) is 3.09. The number of hydrogen-bond acceptors (Lipinski definition) is 4. The number of furan rings is 1. The molecule has 0 amide bonds. The third-order valence-corrected chi connectivity index (χ3v) is 4.20. The predicted octanol–water partition coefficient (Wildman–Crippen LogP) is 4.07. The fourth-order valence-corrected chi connectivity index (χ4v) is 3.12. The van der Waals surface area contributed by atoms with Crippen LogP contribution >= 0.6 is 15.9 Å². The standard InChI is InChI=1S/C16H20BrNO3/c1-5-18-15(11-8-9-21-10(11)2)12-6-7-13(19-3)14(17)16(12)20-4/h6-9,15,18H,5H2,1-4H3. The van der Waals surface area contributed by atoms with E-state index in [2.05, 4.69) is 28.2 Å². The van der Waals surface area contributed by atoms with Crippen molar-refractivity contribution >= 4 is 15.9 Å². The number of aryl methyl sites for hydroxylation is 1. The van der Waals surface area contributed by atoms with Gasteiger partial charge in [-0.1, -0.05) is 6.92 Å². The van der Waals surface area contributed by atoms with Crippen molar-refractivity contribution in [1.82, 2.24) is 5.32 Å². The van der Waals surface area contributed by atoms with Gasteiger partial charge in [-0.25, -0.2) is 0 Å². The summed E-state index contributed by atoms with van der Waals surface area (Å²) in [5.74, 6) is 2.41. The number of hydrogen-bond donors (Lipinski definition) is 1. The Bertz CT molecular complexity index is 610. The largest absolute Gasteiger partial charge is 0.495 e. The van der Waals surface area contributed by atoms with Gasteiger partial charge in [0.15, 0.2) is 0 Å². The maximum absolute atomic E-state index is 5.59. The average Bonchev–Trinajstić information content (AvgIpc) is 2.90. The van der Waals surface area contributed by atoms with Crippen LogP contribution in [0, 0.1) is 6.92 Å². The van der Waals surface area contributed by atoms with E-state index in [1.54, 1.807) is 20.5 Å². The summed E-state index contributed by atoms with van der Waals surface area (Å²) in [6.45, 7) is 4.88. The van der Waals surface area contributed by atoms with Crippen LogP contribution in [0.3, 0.4) is 0 Å². The highest BCUT2D eigenvalue weighted by Gasteiger charge is 2.23. The van der Waals surface area contributed by atoms with Crippen LogP contribution in [0.2, 0.25) is 0 Å². The van der Waals surface area contributed by atoms with Crippen molar-refractivity contribution in [1.29, 1.82) is 0 Å². The van der Waals surface area contributed by atoms with Gasteiger partial charge in [-0.15, -0.1) is 0 Å². The average molecular weight is 354 g/mol. The van der Waals surface area contributed by atoms with Crippen LogP contribution in [0.15, 0.2) is 33.4 Å². The van der Waals surface area contributed by atoms with E-state index in [1.807, 2.05) is 25.1 Å². The Morgan fingerprint density at radius 2 is 1.95 bits per heavy atom. The smallest absolute Gasteiger partial charge is 0.141 e. The number of nitrogens with one attached hydrogen (secondary N) is 1. The Labute approximate surface area is 133 Å². The van der Waals surface area contributed by atoms with E-state index in [4.69, 9.17) is 13.9 Å². The molecule has 2 rings (SSSR count). The molecule has 0 aliphatic carbocycles. The molecule has 21 heavy (non-hydrogen) atoms. The van der Waals surface area contributed by atoms with Gasteiger partial charge in [0.25, 0.3) is 0 Å². The summed E-state index contributed by atoms with van der Waals surface area (Å²) in [6, 6.07) is 5.94. The SMILES string of the molecule is CCNC(c1ccoc1C)c1ccc(OC)c(Br)c1OC. The van der Waals surface area contributed by atoms with Crippen molar-refractivity contribution in [2.24, 2.45) is 0 Å². The summed E-state index contributed by atoms with van der Waals surface area (Å²) in [6.07, 6.45) is 1.71. The Hall–Kier alpha value is -1.46. The van der Waals surface area contributed by atoms with Crippen LogP contribution in [-0.2, 0) is 0 Å². The number of ether oxygens (including phenoxy) is 2. The van der Waals surface area contributed by atoms with E-state index in [0.29, 0.717) is 0 Å². The fourth-order valence-electron chi connectivity index (χ4n) is 2.43. The molecular weight excluding hydrogens is 334 g/mol. The first-order chi connectivity index (χ1) is 10.1. The second-order valence-corrected chi connectivity index (χ2v) is 5.42. The molecule has 0 aliphatic heterocycles. The molecule has 0 bridgehead atoms. The van der Waals surface area contributed by atoms with Crippen molar-refractivity contribution in [2.45, 2.75) is 19.9 Å². The Morgan fingerprint density at radius 1 is 1.19 bits per heavy atom. The molecule has 1 aromatic carbocycles. The van der Waals surface area contributed by atoms with Gasteiger partial charge in [0, 0.05) is 11.1 Å². The van der Waals surface area contributed by atoms with Crippen LogP contribution in [-0.4, -0.2) is 20.8 Å². The van der Waals surface area contributed by atoms with Crippen LogP contribution in [0.1, 0.15) is 29.9 Å². The molecule has 1 unspecified atom stereocenters. The molecule has 0 saturated heterocycles. The lowest BCUT2D eigenvalue weighted by atomic mass is 9.98. The lowest BCUT2D eigenvalue weighted by Crippen LogP contribution is -2.23. The molecule has 1 heterocycles. The molecule has 114 valence electrons. The molecule has 0 saturated carbocycles. The monoisotopic (exact) mass is 353 g/mol. The minimum Gasteiger partial charge on any atom is -0.495 e. The summed E-state index contributed by atoms with van der Waals surface area (Å²) in [5, 5.41) is 3.48. The van der Waals surface area contributed by atoms with Gasteiger partial charge in [-0.3, -0.25) is 0 Å². The Balaban J connectivity index is 2.55. The zero-order valence-electron chi connectivity index (χ0n) is 12.7.